The second-order valence-corrected chi connectivity index (χ2v) is 6.55. The molecule has 3 nitrogen and oxygen atoms in total. The van der Waals surface area contributed by atoms with E-state index in [4.69, 9.17) is 4.74 Å². The van der Waals surface area contributed by atoms with Gasteiger partial charge in [-0.25, -0.2) is 9.18 Å². The summed E-state index contributed by atoms with van der Waals surface area (Å²) in [4.78, 5) is 12.9. The predicted octanol–water partition coefficient (Wildman–Crippen LogP) is 5.51. The number of carbonyl (C=O) groups is 1. The van der Waals surface area contributed by atoms with E-state index in [9.17, 15) is 9.18 Å². The van der Waals surface area contributed by atoms with Crippen LogP contribution in [-0.2, 0) is 11.2 Å². The van der Waals surface area contributed by atoms with Crippen LogP contribution in [0.1, 0.15) is 28.5 Å². The number of rotatable bonds is 5. The first-order valence-corrected chi connectivity index (χ1v) is 9.28. The van der Waals surface area contributed by atoms with Gasteiger partial charge >= 0.3 is 5.97 Å². The highest BCUT2D eigenvalue weighted by atomic mass is 19.1. The molecule has 0 radical (unpaired) electrons. The summed E-state index contributed by atoms with van der Waals surface area (Å²) >= 11 is 0. The van der Waals surface area contributed by atoms with E-state index < -0.39 is 0 Å². The Morgan fingerprint density at radius 2 is 1.79 bits per heavy atom. The number of carbonyl (C=O) groups excluding carboxylic acids is 1. The van der Waals surface area contributed by atoms with Crippen LogP contribution in [-0.4, -0.2) is 17.0 Å². The van der Waals surface area contributed by atoms with Gasteiger partial charge in [-0.1, -0.05) is 48.5 Å². The Morgan fingerprint density at radius 3 is 2.54 bits per heavy atom. The normalized spacial score (nSPS) is 10.9. The Hall–Kier alpha value is -3.40. The average Bonchev–Trinajstić information content (AvgIpc) is 3.03. The monoisotopic (exact) mass is 373 g/mol. The van der Waals surface area contributed by atoms with Crippen LogP contribution in [0, 0.1) is 5.82 Å². The molecule has 28 heavy (non-hydrogen) atoms. The first kappa shape index (κ1) is 18.0. The number of aromatic nitrogens is 1. The van der Waals surface area contributed by atoms with E-state index in [0.29, 0.717) is 18.6 Å². The molecule has 0 saturated heterocycles. The lowest BCUT2D eigenvalue weighted by atomic mass is 9.97. The van der Waals surface area contributed by atoms with Crippen LogP contribution in [0.5, 0.6) is 0 Å². The highest BCUT2D eigenvalue weighted by Crippen LogP contribution is 2.35. The van der Waals surface area contributed by atoms with Gasteiger partial charge in [0.05, 0.1) is 17.7 Å². The Kier molecular flexibility index (Phi) is 4.94. The number of pyridine rings is 1. The molecular formula is C24H20FNO2. The molecule has 0 unspecified atom stereocenters. The van der Waals surface area contributed by atoms with Crippen LogP contribution in [0.4, 0.5) is 4.39 Å². The van der Waals surface area contributed by atoms with Crippen molar-refractivity contribution in [2.75, 3.05) is 6.61 Å². The molecule has 0 aliphatic rings. The lowest BCUT2D eigenvalue weighted by molar-refractivity contribution is 0.0529. The van der Waals surface area contributed by atoms with Gasteiger partial charge in [0.2, 0.25) is 0 Å². The lowest BCUT2D eigenvalue weighted by Gasteiger charge is -2.09. The molecule has 0 amide bonds. The molecule has 0 N–H and O–H groups in total. The summed E-state index contributed by atoms with van der Waals surface area (Å²) in [5.74, 6) is -0.624. The molecule has 2 aromatic carbocycles. The van der Waals surface area contributed by atoms with Crippen molar-refractivity contribution in [3.05, 3.63) is 102 Å². The van der Waals surface area contributed by atoms with Crippen LogP contribution in [0.25, 0.3) is 16.6 Å². The number of benzene rings is 2. The van der Waals surface area contributed by atoms with Crippen LogP contribution in [0.15, 0.2) is 79.0 Å². The zero-order chi connectivity index (χ0) is 19.5. The molecule has 0 spiro atoms. The number of halogens is 1. The van der Waals surface area contributed by atoms with E-state index in [2.05, 4.69) is 0 Å². The van der Waals surface area contributed by atoms with E-state index in [0.717, 1.165) is 27.9 Å². The fraction of sp³-hybridized carbons (Fsp3) is 0.125. The van der Waals surface area contributed by atoms with Gasteiger partial charge in [-0.3, -0.25) is 0 Å². The first-order valence-electron chi connectivity index (χ1n) is 9.28. The molecule has 0 bridgehead atoms. The molecule has 2 aromatic heterocycles. The molecule has 0 atom stereocenters. The summed E-state index contributed by atoms with van der Waals surface area (Å²) in [7, 11) is 0. The van der Waals surface area contributed by atoms with Crippen molar-refractivity contribution in [2.45, 2.75) is 13.3 Å². The highest BCUT2D eigenvalue weighted by molar-refractivity contribution is 6.05. The minimum atomic E-state index is -0.351. The zero-order valence-electron chi connectivity index (χ0n) is 15.6. The fourth-order valence-electron chi connectivity index (χ4n) is 3.61. The van der Waals surface area contributed by atoms with E-state index in [1.54, 1.807) is 13.0 Å². The third-order valence-electron chi connectivity index (χ3n) is 4.75. The zero-order valence-corrected chi connectivity index (χ0v) is 15.6. The second-order valence-electron chi connectivity index (χ2n) is 6.55. The van der Waals surface area contributed by atoms with Gasteiger partial charge in [0.25, 0.3) is 0 Å². The third kappa shape index (κ3) is 3.29. The molecule has 4 rings (SSSR count). The number of ether oxygens (including phenoxy) is 1. The third-order valence-corrected chi connectivity index (χ3v) is 4.75. The van der Waals surface area contributed by atoms with Crippen LogP contribution < -0.4 is 0 Å². The number of fused-ring (bicyclic) bond motifs is 1. The number of nitrogens with zero attached hydrogens (tertiary/aromatic N) is 1. The SMILES string of the molecule is CCOC(=O)c1c(-c2ccccc2)c(Cc2cccc(F)c2)n2ccccc12. The van der Waals surface area contributed by atoms with Gasteiger partial charge in [-0.15, -0.1) is 0 Å². The molecule has 2 heterocycles. The lowest BCUT2D eigenvalue weighted by Crippen LogP contribution is -2.06. The minimum Gasteiger partial charge on any atom is -0.462 e. The minimum absolute atomic E-state index is 0.273. The second kappa shape index (κ2) is 7.69. The Balaban J connectivity index is 2.00. The number of hydrogen-bond donors (Lipinski definition) is 0. The van der Waals surface area contributed by atoms with E-state index in [-0.39, 0.29) is 11.8 Å². The van der Waals surface area contributed by atoms with Gasteiger partial charge in [0.15, 0.2) is 0 Å². The van der Waals surface area contributed by atoms with Crippen molar-refractivity contribution < 1.29 is 13.9 Å². The molecule has 0 aliphatic heterocycles. The molecule has 4 heteroatoms. The quantitative estimate of drug-likeness (QED) is 0.432. The van der Waals surface area contributed by atoms with Gasteiger partial charge < -0.3 is 9.14 Å². The molecule has 140 valence electrons. The van der Waals surface area contributed by atoms with Gasteiger partial charge in [-0.2, -0.15) is 0 Å². The van der Waals surface area contributed by atoms with Crippen LogP contribution in [0.2, 0.25) is 0 Å². The van der Waals surface area contributed by atoms with Gasteiger partial charge in [0, 0.05) is 23.9 Å². The molecular weight excluding hydrogens is 353 g/mol. The van der Waals surface area contributed by atoms with Crippen molar-refractivity contribution in [3.63, 3.8) is 0 Å². The summed E-state index contributed by atoms with van der Waals surface area (Å²) in [5.41, 5.74) is 4.85. The topological polar surface area (TPSA) is 30.7 Å². The predicted molar refractivity (Wildman–Crippen MR) is 108 cm³/mol. The molecule has 0 saturated carbocycles. The fourth-order valence-corrected chi connectivity index (χ4v) is 3.61. The van der Waals surface area contributed by atoms with Crippen molar-refractivity contribution >= 4 is 11.5 Å². The highest BCUT2D eigenvalue weighted by Gasteiger charge is 2.25. The van der Waals surface area contributed by atoms with Gasteiger partial charge in [0.1, 0.15) is 5.82 Å². The van der Waals surface area contributed by atoms with E-state index >= 15 is 0 Å². The van der Waals surface area contributed by atoms with Crippen molar-refractivity contribution in [1.82, 2.24) is 4.40 Å². The van der Waals surface area contributed by atoms with Crippen molar-refractivity contribution in [3.8, 4) is 11.1 Å². The summed E-state index contributed by atoms with van der Waals surface area (Å²) in [5, 5.41) is 0. The summed E-state index contributed by atoms with van der Waals surface area (Å²) < 4.78 is 21.1. The van der Waals surface area contributed by atoms with Crippen LogP contribution in [0.3, 0.4) is 0 Å². The Bertz CT molecular complexity index is 1130. The Morgan fingerprint density at radius 1 is 1.00 bits per heavy atom. The first-order chi connectivity index (χ1) is 13.7. The standard InChI is InChI=1S/C24H20FNO2/c1-2-28-24(27)23-20-13-6-7-14-26(20)21(16-17-9-8-12-19(25)15-17)22(23)18-10-4-3-5-11-18/h3-15H,2,16H2,1H3. The largest absolute Gasteiger partial charge is 0.462 e. The average molecular weight is 373 g/mol. The van der Waals surface area contributed by atoms with Crippen molar-refractivity contribution in [1.29, 1.82) is 0 Å². The van der Waals surface area contributed by atoms with Crippen molar-refractivity contribution in [2.24, 2.45) is 0 Å². The summed E-state index contributed by atoms with van der Waals surface area (Å²) in [6.07, 6.45) is 2.42. The number of esters is 1. The maximum Gasteiger partial charge on any atom is 0.340 e. The van der Waals surface area contributed by atoms with Crippen LogP contribution >= 0.6 is 0 Å². The molecule has 0 aliphatic carbocycles. The van der Waals surface area contributed by atoms with Gasteiger partial charge in [-0.05, 0) is 42.3 Å². The summed E-state index contributed by atoms with van der Waals surface area (Å²) in [6, 6.07) is 22.1. The van der Waals surface area contributed by atoms with E-state index in [1.807, 2.05) is 65.2 Å². The number of hydrogen-bond acceptors (Lipinski definition) is 2. The Labute approximate surface area is 163 Å². The summed E-state index contributed by atoms with van der Waals surface area (Å²) in [6.45, 7) is 2.10. The molecule has 4 aromatic rings. The van der Waals surface area contributed by atoms with E-state index in [1.165, 1.54) is 12.1 Å². The maximum atomic E-state index is 13.8. The molecule has 0 fully saturated rings. The maximum absolute atomic E-state index is 13.8. The smallest absolute Gasteiger partial charge is 0.340 e.